The number of halogens is 1. The van der Waals surface area contributed by atoms with Crippen molar-refractivity contribution in [3.05, 3.63) is 40.9 Å². The fourth-order valence-electron chi connectivity index (χ4n) is 2.74. The van der Waals surface area contributed by atoms with Crippen LogP contribution in [0.2, 0.25) is 5.02 Å². The molecule has 1 aliphatic rings. The summed E-state index contributed by atoms with van der Waals surface area (Å²) in [5, 5.41) is 10.4. The third-order valence-corrected chi connectivity index (χ3v) is 4.27. The Kier molecular flexibility index (Phi) is 4.02. The number of aliphatic hydroxyl groups excluding tert-OH is 1. The van der Waals surface area contributed by atoms with Crippen LogP contribution >= 0.6 is 11.6 Å². The fourth-order valence-corrected chi connectivity index (χ4v) is 2.87. The molecule has 1 unspecified atom stereocenters. The third kappa shape index (κ3) is 2.98. The highest BCUT2D eigenvalue weighted by Gasteiger charge is 2.28. The molecule has 1 aromatic heterocycles. The zero-order valence-electron chi connectivity index (χ0n) is 12.2. The number of hydrogen-bond acceptors (Lipinski definition) is 4. The van der Waals surface area contributed by atoms with E-state index in [9.17, 15) is 5.11 Å². The van der Waals surface area contributed by atoms with E-state index in [2.05, 4.69) is 16.8 Å². The molecule has 1 saturated heterocycles. The normalized spacial score (nSPS) is 20.9. The number of β-amino-alcohol motifs (C(OH)–C–C–N with tert-alkyl or cyclic N) is 1. The van der Waals surface area contributed by atoms with E-state index in [0.717, 1.165) is 30.0 Å². The quantitative estimate of drug-likeness (QED) is 0.944. The lowest BCUT2D eigenvalue weighted by molar-refractivity contribution is 0.155. The van der Waals surface area contributed by atoms with Crippen molar-refractivity contribution in [1.29, 1.82) is 0 Å². The highest BCUT2D eigenvalue weighted by Crippen LogP contribution is 2.31. The fraction of sp³-hybridized carbons (Fsp3) is 0.438. The summed E-state index contributed by atoms with van der Waals surface area (Å²) in [6.07, 6.45) is 0.577. The molecule has 5 heteroatoms. The second-order valence-electron chi connectivity index (χ2n) is 5.59. The number of rotatable bonds is 3. The average Bonchev–Trinajstić information content (AvgIpc) is 3.05. The zero-order valence-corrected chi connectivity index (χ0v) is 13.0. The van der Waals surface area contributed by atoms with Crippen molar-refractivity contribution in [2.24, 2.45) is 0 Å². The van der Waals surface area contributed by atoms with Crippen molar-refractivity contribution in [2.45, 2.75) is 32.4 Å². The molecule has 0 radical (unpaired) electrons. The van der Waals surface area contributed by atoms with E-state index in [4.69, 9.17) is 16.0 Å². The molecule has 0 spiro atoms. The van der Waals surface area contributed by atoms with Crippen LogP contribution in [0.5, 0.6) is 0 Å². The van der Waals surface area contributed by atoms with Crippen molar-refractivity contribution in [3.8, 4) is 11.3 Å². The summed E-state index contributed by atoms with van der Waals surface area (Å²) in [6, 6.07) is 7.63. The van der Waals surface area contributed by atoms with Gasteiger partial charge < -0.3 is 9.52 Å². The highest BCUT2D eigenvalue weighted by molar-refractivity contribution is 6.30. The standard InChI is InChI=1S/C16H19ClN2O2/c1-10-15(12-3-5-13(17)6-4-12)21-16(18-10)11(2)19-8-7-14(20)9-19/h3-6,11,14,20H,7-9H2,1-2H3/t11?,14-/m0/s1. The molecule has 1 N–H and O–H groups in total. The molecule has 112 valence electrons. The number of aromatic nitrogens is 1. The van der Waals surface area contributed by atoms with E-state index >= 15 is 0 Å². The molecule has 1 fully saturated rings. The van der Waals surface area contributed by atoms with E-state index in [1.807, 2.05) is 31.2 Å². The van der Waals surface area contributed by atoms with Crippen molar-refractivity contribution in [2.75, 3.05) is 13.1 Å². The van der Waals surface area contributed by atoms with Crippen LogP contribution in [0.15, 0.2) is 28.7 Å². The van der Waals surface area contributed by atoms with Gasteiger partial charge in [0, 0.05) is 23.7 Å². The maximum Gasteiger partial charge on any atom is 0.212 e. The maximum atomic E-state index is 9.65. The van der Waals surface area contributed by atoms with E-state index in [0.29, 0.717) is 17.5 Å². The van der Waals surface area contributed by atoms with Gasteiger partial charge in [-0.1, -0.05) is 11.6 Å². The summed E-state index contributed by atoms with van der Waals surface area (Å²) in [4.78, 5) is 6.75. The molecule has 0 aliphatic carbocycles. The molecule has 1 aliphatic heterocycles. The Morgan fingerprint density at radius 3 is 2.71 bits per heavy atom. The summed E-state index contributed by atoms with van der Waals surface area (Å²) >= 11 is 5.92. The van der Waals surface area contributed by atoms with Crippen LogP contribution in [0, 0.1) is 6.92 Å². The minimum absolute atomic E-state index is 0.0712. The van der Waals surface area contributed by atoms with Gasteiger partial charge in [-0.2, -0.15) is 0 Å². The first kappa shape index (κ1) is 14.6. The van der Waals surface area contributed by atoms with Gasteiger partial charge in [-0.15, -0.1) is 0 Å². The first-order valence-corrected chi connectivity index (χ1v) is 7.58. The van der Waals surface area contributed by atoms with Crippen LogP contribution in [0.4, 0.5) is 0 Å². The van der Waals surface area contributed by atoms with Crippen molar-refractivity contribution in [3.63, 3.8) is 0 Å². The van der Waals surface area contributed by atoms with Crippen LogP contribution in [-0.2, 0) is 0 Å². The van der Waals surface area contributed by atoms with E-state index in [-0.39, 0.29) is 12.1 Å². The number of aliphatic hydroxyl groups is 1. The number of aryl methyl sites for hydroxylation is 1. The maximum absolute atomic E-state index is 9.65. The summed E-state index contributed by atoms with van der Waals surface area (Å²) < 4.78 is 5.97. The average molecular weight is 307 g/mol. The van der Waals surface area contributed by atoms with E-state index in [1.165, 1.54) is 0 Å². The van der Waals surface area contributed by atoms with E-state index in [1.54, 1.807) is 0 Å². The second kappa shape index (κ2) is 5.79. The highest BCUT2D eigenvalue weighted by atomic mass is 35.5. The topological polar surface area (TPSA) is 49.5 Å². The van der Waals surface area contributed by atoms with Gasteiger partial charge >= 0.3 is 0 Å². The smallest absolute Gasteiger partial charge is 0.212 e. The number of likely N-dealkylation sites (tertiary alicyclic amines) is 1. The monoisotopic (exact) mass is 306 g/mol. The molecule has 21 heavy (non-hydrogen) atoms. The van der Waals surface area contributed by atoms with Gasteiger partial charge in [0.2, 0.25) is 5.89 Å². The minimum atomic E-state index is -0.237. The molecule has 2 heterocycles. The van der Waals surface area contributed by atoms with Crippen LogP contribution in [0.1, 0.15) is 31.0 Å². The Balaban J connectivity index is 1.85. The Morgan fingerprint density at radius 1 is 1.38 bits per heavy atom. The van der Waals surface area contributed by atoms with Gasteiger partial charge in [-0.25, -0.2) is 4.98 Å². The Labute approximate surface area is 129 Å². The van der Waals surface area contributed by atoms with Crippen LogP contribution in [-0.4, -0.2) is 34.2 Å². The molecule has 2 atom stereocenters. The van der Waals surface area contributed by atoms with Crippen molar-refractivity contribution >= 4 is 11.6 Å². The first-order chi connectivity index (χ1) is 10.0. The van der Waals surface area contributed by atoms with Gasteiger partial charge in [-0.05, 0) is 44.5 Å². The predicted molar refractivity (Wildman–Crippen MR) is 82.3 cm³/mol. The largest absolute Gasteiger partial charge is 0.439 e. The predicted octanol–water partition coefficient (Wildman–Crippen LogP) is 3.43. The van der Waals surface area contributed by atoms with Gasteiger partial charge in [0.05, 0.1) is 17.8 Å². The number of nitrogens with zero attached hydrogens (tertiary/aromatic N) is 2. The summed E-state index contributed by atoms with van der Waals surface area (Å²) in [5.74, 6) is 1.49. The molecule has 0 bridgehead atoms. The molecule has 2 aromatic rings. The van der Waals surface area contributed by atoms with Gasteiger partial charge in [0.15, 0.2) is 5.76 Å². The zero-order chi connectivity index (χ0) is 15.0. The van der Waals surface area contributed by atoms with Crippen molar-refractivity contribution in [1.82, 2.24) is 9.88 Å². The van der Waals surface area contributed by atoms with Crippen LogP contribution in [0.25, 0.3) is 11.3 Å². The van der Waals surface area contributed by atoms with Crippen LogP contribution in [0.3, 0.4) is 0 Å². The Morgan fingerprint density at radius 2 is 2.10 bits per heavy atom. The molecular weight excluding hydrogens is 288 g/mol. The lowest BCUT2D eigenvalue weighted by Crippen LogP contribution is -2.25. The number of benzene rings is 1. The molecular formula is C16H19ClN2O2. The van der Waals surface area contributed by atoms with Crippen molar-refractivity contribution < 1.29 is 9.52 Å². The van der Waals surface area contributed by atoms with Gasteiger partial charge in [-0.3, -0.25) is 4.90 Å². The Hall–Kier alpha value is -1.36. The summed E-state index contributed by atoms with van der Waals surface area (Å²) in [5.41, 5.74) is 1.85. The molecule has 1 aromatic carbocycles. The Bertz CT molecular complexity index is 624. The number of hydrogen-bond donors (Lipinski definition) is 1. The lowest BCUT2D eigenvalue weighted by atomic mass is 10.1. The lowest BCUT2D eigenvalue weighted by Gasteiger charge is -2.20. The summed E-state index contributed by atoms with van der Waals surface area (Å²) in [7, 11) is 0. The molecule has 3 rings (SSSR count). The molecule has 4 nitrogen and oxygen atoms in total. The molecule has 0 saturated carbocycles. The van der Waals surface area contributed by atoms with Gasteiger partial charge in [0.1, 0.15) is 0 Å². The van der Waals surface area contributed by atoms with E-state index < -0.39 is 0 Å². The summed E-state index contributed by atoms with van der Waals surface area (Å²) in [6.45, 7) is 5.57. The minimum Gasteiger partial charge on any atom is -0.439 e. The second-order valence-corrected chi connectivity index (χ2v) is 6.02. The SMILES string of the molecule is Cc1nc(C(C)N2CC[C@H](O)C2)oc1-c1ccc(Cl)cc1. The van der Waals surface area contributed by atoms with Gasteiger partial charge in [0.25, 0.3) is 0 Å². The molecule has 0 amide bonds. The van der Waals surface area contributed by atoms with Crippen LogP contribution < -0.4 is 0 Å². The number of oxazole rings is 1. The first-order valence-electron chi connectivity index (χ1n) is 7.20. The third-order valence-electron chi connectivity index (χ3n) is 4.02.